The van der Waals surface area contributed by atoms with Crippen molar-refractivity contribution in [2.24, 2.45) is 5.41 Å². The average Bonchev–Trinajstić information content (AvgIpc) is 3.05. The van der Waals surface area contributed by atoms with Crippen molar-refractivity contribution in [1.82, 2.24) is 4.90 Å². The maximum absolute atomic E-state index is 14.0. The summed E-state index contributed by atoms with van der Waals surface area (Å²) in [5.41, 5.74) is 3.33. The Bertz CT molecular complexity index is 919. The van der Waals surface area contributed by atoms with E-state index in [1.807, 2.05) is 18.2 Å². The first-order chi connectivity index (χ1) is 12.3. The van der Waals surface area contributed by atoms with E-state index in [0.717, 1.165) is 24.2 Å². The van der Waals surface area contributed by atoms with Gasteiger partial charge in [0, 0.05) is 24.2 Å². The molecule has 0 spiro atoms. The largest absolute Gasteiger partial charge is 0.293 e. The highest BCUT2D eigenvalue weighted by molar-refractivity contribution is 6.34. The fourth-order valence-corrected chi connectivity index (χ4v) is 5.17. The van der Waals surface area contributed by atoms with E-state index in [1.54, 1.807) is 6.07 Å². The van der Waals surface area contributed by atoms with E-state index in [4.69, 9.17) is 16.9 Å². The van der Waals surface area contributed by atoms with E-state index < -0.39 is 5.82 Å². The van der Waals surface area contributed by atoms with E-state index >= 15 is 0 Å². The Hall–Kier alpha value is -1.89. The van der Waals surface area contributed by atoms with Crippen molar-refractivity contribution in [3.63, 3.8) is 0 Å². The molecule has 1 saturated heterocycles. The Morgan fingerprint density at radius 1 is 1.23 bits per heavy atom. The van der Waals surface area contributed by atoms with Crippen LogP contribution in [0.1, 0.15) is 44.2 Å². The summed E-state index contributed by atoms with van der Waals surface area (Å²) in [6, 6.07) is 12.5. The van der Waals surface area contributed by atoms with Gasteiger partial charge < -0.3 is 0 Å². The number of nitriles is 1. The second kappa shape index (κ2) is 6.08. The van der Waals surface area contributed by atoms with Crippen LogP contribution >= 0.6 is 11.6 Å². The molecular formula is C22H22ClFN2. The maximum atomic E-state index is 14.0. The molecule has 2 atom stereocenters. The van der Waals surface area contributed by atoms with Crippen LogP contribution in [0, 0.1) is 22.6 Å². The van der Waals surface area contributed by atoms with Crippen LogP contribution in [-0.4, -0.2) is 17.0 Å². The lowest BCUT2D eigenvalue weighted by Gasteiger charge is -2.37. The minimum absolute atomic E-state index is 0.0512. The molecule has 2 aromatic rings. The lowest BCUT2D eigenvalue weighted by atomic mass is 9.90. The van der Waals surface area contributed by atoms with Crippen molar-refractivity contribution in [3.05, 3.63) is 58.4 Å². The van der Waals surface area contributed by atoms with Gasteiger partial charge in [0.25, 0.3) is 0 Å². The lowest BCUT2D eigenvalue weighted by molar-refractivity contribution is 0.110. The summed E-state index contributed by atoms with van der Waals surface area (Å²) < 4.78 is 14.0. The zero-order valence-electron chi connectivity index (χ0n) is 15.1. The molecule has 134 valence electrons. The number of halogens is 2. The molecule has 2 aromatic carbocycles. The smallest absolute Gasteiger partial charge is 0.141 e. The predicted molar refractivity (Wildman–Crippen MR) is 102 cm³/mol. The van der Waals surface area contributed by atoms with Crippen LogP contribution in [0.15, 0.2) is 36.4 Å². The fourth-order valence-electron chi connectivity index (χ4n) is 4.87. The Morgan fingerprint density at radius 3 is 2.65 bits per heavy atom. The number of benzene rings is 2. The van der Waals surface area contributed by atoms with E-state index in [2.05, 4.69) is 24.8 Å². The second-order valence-electron chi connectivity index (χ2n) is 8.43. The van der Waals surface area contributed by atoms with Crippen LogP contribution in [-0.2, 0) is 6.54 Å². The monoisotopic (exact) mass is 368 g/mol. The molecule has 1 heterocycles. The van der Waals surface area contributed by atoms with E-state index in [0.29, 0.717) is 16.0 Å². The van der Waals surface area contributed by atoms with Crippen LogP contribution < -0.4 is 0 Å². The lowest BCUT2D eigenvalue weighted by Crippen LogP contribution is -2.42. The molecule has 1 aliphatic carbocycles. The number of hydrogen-bond acceptors (Lipinski definition) is 2. The van der Waals surface area contributed by atoms with E-state index in [1.165, 1.54) is 31.4 Å². The first-order valence-electron chi connectivity index (χ1n) is 9.06. The summed E-state index contributed by atoms with van der Waals surface area (Å²) >= 11 is 6.72. The molecule has 2 fully saturated rings. The molecule has 0 unspecified atom stereocenters. The van der Waals surface area contributed by atoms with Crippen molar-refractivity contribution >= 4 is 11.6 Å². The molecule has 1 aliphatic heterocycles. The molecule has 4 rings (SSSR count). The molecule has 2 nitrogen and oxygen atoms in total. The predicted octanol–water partition coefficient (Wildman–Crippen LogP) is 5.78. The number of likely N-dealkylation sites (tertiary alicyclic amines) is 1. The zero-order chi connectivity index (χ0) is 18.5. The number of hydrogen-bond donors (Lipinski definition) is 0. The Morgan fingerprint density at radius 2 is 2.04 bits per heavy atom. The summed E-state index contributed by atoms with van der Waals surface area (Å²) in [5, 5.41) is 9.59. The minimum Gasteiger partial charge on any atom is -0.293 e. The second-order valence-corrected chi connectivity index (χ2v) is 8.80. The van der Waals surface area contributed by atoms with Gasteiger partial charge in [-0.15, -0.1) is 0 Å². The van der Waals surface area contributed by atoms with Crippen LogP contribution in [0.25, 0.3) is 11.1 Å². The molecule has 26 heavy (non-hydrogen) atoms. The van der Waals surface area contributed by atoms with E-state index in [-0.39, 0.29) is 11.1 Å². The van der Waals surface area contributed by atoms with Crippen LogP contribution in [0.4, 0.5) is 4.39 Å². The van der Waals surface area contributed by atoms with Crippen molar-refractivity contribution in [2.45, 2.75) is 45.2 Å². The first kappa shape index (κ1) is 17.5. The Balaban J connectivity index is 1.65. The average molecular weight is 369 g/mol. The Kier molecular flexibility index (Phi) is 4.10. The van der Waals surface area contributed by atoms with Gasteiger partial charge in [0.2, 0.25) is 0 Å². The minimum atomic E-state index is -0.510. The van der Waals surface area contributed by atoms with Crippen LogP contribution in [0.5, 0.6) is 0 Å². The fraction of sp³-hybridized carbons (Fsp3) is 0.409. The molecule has 2 aliphatic rings. The van der Waals surface area contributed by atoms with Gasteiger partial charge in [-0.05, 0) is 54.9 Å². The third kappa shape index (κ3) is 2.82. The van der Waals surface area contributed by atoms with Gasteiger partial charge in [-0.3, -0.25) is 4.90 Å². The number of nitrogens with zero attached hydrogens (tertiary/aromatic N) is 2. The molecule has 0 radical (unpaired) electrons. The SMILES string of the molecule is C[C@@]12CC[C@@](C)(C1)N(Cc1cccc(-c3ccc(C#N)c(F)c3)c1Cl)C2. The molecule has 2 bridgehead atoms. The normalized spacial score (nSPS) is 27.7. The number of rotatable bonds is 3. The summed E-state index contributed by atoms with van der Waals surface area (Å²) in [7, 11) is 0. The van der Waals surface area contributed by atoms with Gasteiger partial charge in [-0.1, -0.05) is 42.8 Å². The van der Waals surface area contributed by atoms with Gasteiger partial charge in [-0.25, -0.2) is 4.39 Å². The van der Waals surface area contributed by atoms with Crippen LogP contribution in [0.2, 0.25) is 5.02 Å². The quantitative estimate of drug-likeness (QED) is 0.686. The summed E-state index contributed by atoms with van der Waals surface area (Å²) in [6.45, 7) is 6.67. The molecular weight excluding hydrogens is 347 g/mol. The van der Waals surface area contributed by atoms with Crippen molar-refractivity contribution in [1.29, 1.82) is 5.26 Å². The number of piperidine rings is 1. The Labute approximate surface area is 159 Å². The highest BCUT2D eigenvalue weighted by Gasteiger charge is 2.53. The molecule has 0 N–H and O–H groups in total. The topological polar surface area (TPSA) is 27.0 Å². The summed E-state index contributed by atoms with van der Waals surface area (Å²) in [5.74, 6) is -0.510. The summed E-state index contributed by atoms with van der Waals surface area (Å²) in [4.78, 5) is 2.56. The van der Waals surface area contributed by atoms with Crippen LogP contribution in [0.3, 0.4) is 0 Å². The van der Waals surface area contributed by atoms with Gasteiger partial charge >= 0.3 is 0 Å². The third-order valence-electron chi connectivity index (χ3n) is 6.25. The number of fused-ring (bicyclic) bond motifs is 2. The van der Waals surface area contributed by atoms with Crippen molar-refractivity contribution in [2.75, 3.05) is 6.54 Å². The third-order valence-corrected chi connectivity index (χ3v) is 6.70. The molecule has 0 aromatic heterocycles. The van der Waals surface area contributed by atoms with E-state index in [9.17, 15) is 4.39 Å². The van der Waals surface area contributed by atoms with Crippen molar-refractivity contribution in [3.8, 4) is 17.2 Å². The van der Waals surface area contributed by atoms with Gasteiger partial charge in [0.1, 0.15) is 11.9 Å². The maximum Gasteiger partial charge on any atom is 0.141 e. The van der Waals surface area contributed by atoms with Gasteiger partial charge in [-0.2, -0.15) is 5.26 Å². The molecule has 4 heteroatoms. The molecule has 0 amide bonds. The van der Waals surface area contributed by atoms with Gasteiger partial charge in [0.05, 0.1) is 10.6 Å². The van der Waals surface area contributed by atoms with Gasteiger partial charge in [0.15, 0.2) is 0 Å². The highest BCUT2D eigenvalue weighted by Crippen LogP contribution is 2.54. The molecule has 1 saturated carbocycles. The zero-order valence-corrected chi connectivity index (χ0v) is 15.9. The summed E-state index contributed by atoms with van der Waals surface area (Å²) in [6.07, 6.45) is 3.79. The standard InChI is InChI=1S/C22H22ClFN2/c1-21-8-9-22(2,13-21)26(14-21)12-17-4-3-5-18(20(17)23)15-6-7-16(11-25)19(24)10-15/h3-7,10H,8-9,12-14H2,1-2H3/t21-,22+/m1/s1. The first-order valence-corrected chi connectivity index (χ1v) is 9.44. The highest BCUT2D eigenvalue weighted by atomic mass is 35.5. The van der Waals surface area contributed by atoms with Crippen molar-refractivity contribution < 1.29 is 4.39 Å².